The van der Waals surface area contributed by atoms with Gasteiger partial charge in [0.1, 0.15) is 0 Å². The zero-order valence-electron chi connectivity index (χ0n) is 15.3. The van der Waals surface area contributed by atoms with Gasteiger partial charge in [-0.05, 0) is 42.3 Å². The minimum Gasteiger partial charge on any atom is -0.462 e. The van der Waals surface area contributed by atoms with Crippen molar-refractivity contribution in [2.24, 2.45) is 0 Å². The lowest BCUT2D eigenvalue weighted by atomic mass is 10.1. The van der Waals surface area contributed by atoms with Crippen LogP contribution in [0.3, 0.4) is 0 Å². The maximum Gasteiger partial charge on any atom is 0.338 e. The van der Waals surface area contributed by atoms with E-state index in [1.165, 1.54) is 0 Å². The fraction of sp³-hybridized carbons (Fsp3) is 0.227. The summed E-state index contributed by atoms with van der Waals surface area (Å²) in [6.45, 7) is 2.46. The van der Waals surface area contributed by atoms with E-state index >= 15 is 0 Å². The molecule has 3 rings (SSSR count). The number of nitrogens with one attached hydrogen (secondary N) is 1. The Morgan fingerprint density at radius 3 is 2.59 bits per heavy atom. The Kier molecular flexibility index (Phi) is 6.15. The highest BCUT2D eigenvalue weighted by molar-refractivity contribution is 5.96. The first-order valence-electron chi connectivity index (χ1n) is 9.07. The summed E-state index contributed by atoms with van der Waals surface area (Å²) in [5.74, 6) is -0.477. The van der Waals surface area contributed by atoms with Gasteiger partial charge in [-0.25, -0.2) is 4.79 Å². The molecule has 5 nitrogen and oxygen atoms in total. The normalized spacial score (nSPS) is 10.6. The van der Waals surface area contributed by atoms with E-state index in [4.69, 9.17) is 4.74 Å². The van der Waals surface area contributed by atoms with Crippen LogP contribution in [0.4, 0.5) is 5.69 Å². The molecule has 27 heavy (non-hydrogen) atoms. The lowest BCUT2D eigenvalue weighted by Crippen LogP contribution is -2.15. The number of ether oxygens (including phenoxy) is 1. The molecule has 5 heteroatoms. The number of anilines is 1. The molecule has 1 heterocycles. The highest BCUT2D eigenvalue weighted by Gasteiger charge is 2.10. The third kappa shape index (κ3) is 4.91. The molecule has 1 aromatic heterocycles. The van der Waals surface area contributed by atoms with Crippen molar-refractivity contribution < 1.29 is 14.3 Å². The number of carbonyl (C=O) groups excluding carboxylic acids is 2. The fourth-order valence-electron chi connectivity index (χ4n) is 2.77. The van der Waals surface area contributed by atoms with Gasteiger partial charge in [0.2, 0.25) is 5.91 Å². The van der Waals surface area contributed by atoms with Crippen molar-refractivity contribution >= 4 is 28.5 Å². The Balaban J connectivity index is 1.61. The minimum absolute atomic E-state index is 0.133. The van der Waals surface area contributed by atoms with E-state index in [1.807, 2.05) is 37.3 Å². The average Bonchev–Trinajstić information content (AvgIpc) is 2.69. The predicted octanol–water partition coefficient (Wildman–Crippen LogP) is 4.37. The molecular weight excluding hydrogens is 340 g/mol. The van der Waals surface area contributed by atoms with Gasteiger partial charge in [0, 0.05) is 17.3 Å². The van der Waals surface area contributed by atoms with Gasteiger partial charge in [0.25, 0.3) is 0 Å². The molecule has 0 atom stereocenters. The molecule has 138 valence electrons. The van der Waals surface area contributed by atoms with E-state index in [0.29, 0.717) is 17.9 Å². The van der Waals surface area contributed by atoms with Gasteiger partial charge in [0.05, 0.1) is 24.1 Å². The molecular formula is C22H22N2O3. The van der Waals surface area contributed by atoms with Crippen LogP contribution in [0.25, 0.3) is 10.9 Å². The van der Waals surface area contributed by atoms with Crippen molar-refractivity contribution in [2.75, 3.05) is 11.9 Å². The number of hydrogen-bond acceptors (Lipinski definition) is 4. The Morgan fingerprint density at radius 1 is 1.04 bits per heavy atom. The van der Waals surface area contributed by atoms with Gasteiger partial charge in [0.15, 0.2) is 0 Å². The zero-order chi connectivity index (χ0) is 19.1. The molecule has 0 unspecified atom stereocenters. The number of amides is 1. The van der Waals surface area contributed by atoms with Crippen molar-refractivity contribution in [2.45, 2.75) is 26.2 Å². The third-order valence-electron chi connectivity index (χ3n) is 4.20. The first-order valence-corrected chi connectivity index (χ1v) is 9.07. The third-order valence-corrected chi connectivity index (χ3v) is 4.20. The molecule has 1 N–H and O–H groups in total. The first kappa shape index (κ1) is 18.6. The Bertz CT molecular complexity index is 930. The summed E-state index contributed by atoms with van der Waals surface area (Å²) in [5, 5.41) is 3.86. The van der Waals surface area contributed by atoms with Crippen molar-refractivity contribution in [3.63, 3.8) is 0 Å². The maximum atomic E-state index is 12.4. The minimum atomic E-state index is -0.344. The summed E-state index contributed by atoms with van der Waals surface area (Å²) < 4.78 is 5.18. The predicted molar refractivity (Wildman–Crippen MR) is 106 cm³/mol. The molecule has 0 aliphatic carbocycles. The second-order valence-electron chi connectivity index (χ2n) is 6.28. The number of esters is 1. The molecule has 0 aliphatic heterocycles. The quantitative estimate of drug-likeness (QED) is 0.500. The van der Waals surface area contributed by atoms with Crippen LogP contribution in [0.1, 0.15) is 35.7 Å². The van der Waals surface area contributed by atoms with Crippen LogP contribution in [0.15, 0.2) is 60.8 Å². The van der Waals surface area contributed by atoms with E-state index in [-0.39, 0.29) is 18.3 Å². The summed E-state index contributed by atoms with van der Waals surface area (Å²) in [4.78, 5) is 28.7. The van der Waals surface area contributed by atoms with E-state index in [2.05, 4.69) is 10.3 Å². The van der Waals surface area contributed by atoms with Crippen molar-refractivity contribution in [1.82, 2.24) is 4.98 Å². The van der Waals surface area contributed by atoms with Crippen molar-refractivity contribution in [3.05, 3.63) is 71.9 Å². The van der Waals surface area contributed by atoms with Gasteiger partial charge >= 0.3 is 5.97 Å². The standard InChI is InChI=1S/C22H22N2O3/c1-2-3-14-27-22(26)17-9-11-19(12-10-17)24-20(25)15-18-7-4-6-16-8-5-13-23-21(16)18/h4-13H,2-3,14-15H2,1H3,(H,24,25). The monoisotopic (exact) mass is 362 g/mol. The lowest BCUT2D eigenvalue weighted by Gasteiger charge is -2.08. The first-order chi connectivity index (χ1) is 13.2. The number of hydrogen-bond donors (Lipinski definition) is 1. The van der Waals surface area contributed by atoms with Crippen molar-refractivity contribution in [1.29, 1.82) is 0 Å². The molecule has 0 radical (unpaired) electrons. The van der Waals surface area contributed by atoms with Gasteiger partial charge in [-0.1, -0.05) is 37.6 Å². The van der Waals surface area contributed by atoms with Crippen molar-refractivity contribution in [3.8, 4) is 0 Å². The zero-order valence-corrected chi connectivity index (χ0v) is 15.3. The van der Waals surface area contributed by atoms with Crippen LogP contribution >= 0.6 is 0 Å². The van der Waals surface area contributed by atoms with Crippen LogP contribution in [-0.2, 0) is 16.0 Å². The molecule has 0 fully saturated rings. The van der Waals surface area contributed by atoms with Crippen LogP contribution in [0.2, 0.25) is 0 Å². The lowest BCUT2D eigenvalue weighted by molar-refractivity contribution is -0.115. The molecule has 1 amide bonds. The largest absolute Gasteiger partial charge is 0.462 e. The number of carbonyl (C=O) groups is 2. The molecule has 3 aromatic rings. The summed E-state index contributed by atoms with van der Waals surface area (Å²) >= 11 is 0. The number of pyridine rings is 1. The summed E-state index contributed by atoms with van der Waals surface area (Å²) in [5.41, 5.74) is 2.82. The topological polar surface area (TPSA) is 68.3 Å². The van der Waals surface area contributed by atoms with E-state index in [0.717, 1.165) is 29.3 Å². The summed E-state index contributed by atoms with van der Waals surface area (Å²) in [6.07, 6.45) is 3.78. The number of benzene rings is 2. The van der Waals surface area contributed by atoms with E-state index < -0.39 is 0 Å². The number of fused-ring (bicyclic) bond motifs is 1. The number of unbranched alkanes of at least 4 members (excludes halogenated alkanes) is 1. The molecule has 0 saturated heterocycles. The van der Waals surface area contributed by atoms with Crippen LogP contribution < -0.4 is 5.32 Å². The molecule has 0 spiro atoms. The highest BCUT2D eigenvalue weighted by atomic mass is 16.5. The molecule has 0 bridgehead atoms. The second-order valence-corrected chi connectivity index (χ2v) is 6.28. The van der Waals surface area contributed by atoms with E-state index in [1.54, 1.807) is 30.5 Å². The molecule has 2 aromatic carbocycles. The van der Waals surface area contributed by atoms with Gasteiger partial charge in [-0.15, -0.1) is 0 Å². The van der Waals surface area contributed by atoms with Crippen LogP contribution in [-0.4, -0.2) is 23.5 Å². The Morgan fingerprint density at radius 2 is 1.81 bits per heavy atom. The van der Waals surface area contributed by atoms with Crippen LogP contribution in [0, 0.1) is 0 Å². The van der Waals surface area contributed by atoms with Gasteiger partial charge < -0.3 is 10.1 Å². The number of aromatic nitrogens is 1. The number of nitrogens with zero attached hydrogens (tertiary/aromatic N) is 1. The average molecular weight is 362 g/mol. The second kappa shape index (κ2) is 8.94. The van der Waals surface area contributed by atoms with Gasteiger partial charge in [-0.2, -0.15) is 0 Å². The highest BCUT2D eigenvalue weighted by Crippen LogP contribution is 2.17. The maximum absolute atomic E-state index is 12.4. The molecule has 0 aliphatic rings. The van der Waals surface area contributed by atoms with Crippen LogP contribution in [0.5, 0.6) is 0 Å². The smallest absolute Gasteiger partial charge is 0.338 e. The fourth-order valence-corrected chi connectivity index (χ4v) is 2.77. The summed E-state index contributed by atoms with van der Waals surface area (Å²) in [7, 11) is 0. The van der Waals surface area contributed by atoms with Gasteiger partial charge in [-0.3, -0.25) is 9.78 Å². The Hall–Kier alpha value is -3.21. The van der Waals surface area contributed by atoms with E-state index in [9.17, 15) is 9.59 Å². The number of rotatable bonds is 7. The molecule has 0 saturated carbocycles. The summed E-state index contributed by atoms with van der Waals surface area (Å²) in [6, 6.07) is 16.4. The SMILES string of the molecule is CCCCOC(=O)c1ccc(NC(=O)Cc2cccc3cccnc23)cc1. The Labute approximate surface area is 158 Å². The number of para-hydroxylation sites is 1.